The maximum Gasteiger partial charge on any atom is 0.353 e. The van der Waals surface area contributed by atoms with Gasteiger partial charge in [-0.15, -0.1) is 0 Å². The highest BCUT2D eigenvalue weighted by Gasteiger charge is 2.57. The summed E-state index contributed by atoms with van der Waals surface area (Å²) in [5, 5.41) is 33.7. The fraction of sp³-hybridized carbons (Fsp3) is 0.516. The van der Waals surface area contributed by atoms with Crippen LogP contribution in [0.4, 0.5) is 0 Å². The molecule has 0 bridgehead atoms. The van der Waals surface area contributed by atoms with Gasteiger partial charge in [-0.05, 0) is 82.3 Å². The van der Waals surface area contributed by atoms with Crippen LogP contribution in [0.2, 0.25) is 0 Å². The summed E-state index contributed by atoms with van der Waals surface area (Å²) in [5.41, 5.74) is 3.80. The molecule has 5 atom stereocenters. The van der Waals surface area contributed by atoms with Gasteiger partial charge >= 0.3 is 5.97 Å². The standard InChI is InChI=1S/C31H40N2O6S2/c1-6-7-8-9-19-13-22(35)26(21-12-17(4)10-11-20(21)16(2)3)23(14-19)39-31(40)32-15-24-27(30(37)38)33-28(36)25(18(5)34)29(33)41-24/h12-14,18,20-21,25,29,34-35H,2,6-11,15H2,1,3-5H3,(H,32,40)(H,37,38)/t18-,20+,21-,25+,29?/m1/s1. The lowest BCUT2D eigenvalue weighted by atomic mass is 9.73. The molecule has 0 aromatic heterocycles. The number of β-lactam (4-membered cyclic amide) rings is 1. The number of aryl methyl sites for hydroxylation is 1. The summed E-state index contributed by atoms with van der Waals surface area (Å²) in [6.45, 7) is 12.0. The van der Waals surface area contributed by atoms with Crippen molar-refractivity contribution in [1.82, 2.24) is 10.2 Å². The van der Waals surface area contributed by atoms with Crippen LogP contribution in [-0.4, -0.2) is 55.3 Å². The molecule has 2 heterocycles. The van der Waals surface area contributed by atoms with E-state index in [1.807, 2.05) is 19.1 Å². The number of hydrogen-bond donors (Lipinski definition) is 4. The number of ether oxygens (including phenoxy) is 1. The number of fused-ring (bicyclic) bond motifs is 1. The monoisotopic (exact) mass is 600 g/mol. The second-order valence-corrected chi connectivity index (χ2v) is 12.9. The molecule has 8 nitrogen and oxygen atoms in total. The predicted octanol–water partition coefficient (Wildman–Crippen LogP) is 5.60. The number of phenols is 1. The van der Waals surface area contributed by atoms with Crippen LogP contribution in [0.3, 0.4) is 0 Å². The Balaban J connectivity index is 1.58. The zero-order chi connectivity index (χ0) is 30.0. The molecule has 1 fully saturated rings. The van der Waals surface area contributed by atoms with E-state index < -0.39 is 29.3 Å². The van der Waals surface area contributed by atoms with Gasteiger partial charge in [-0.2, -0.15) is 0 Å². The number of benzene rings is 1. The number of thiocarbonyl (C=S) groups is 1. The lowest BCUT2D eigenvalue weighted by Gasteiger charge is -2.43. The van der Waals surface area contributed by atoms with Crippen molar-refractivity contribution in [2.75, 3.05) is 6.54 Å². The van der Waals surface area contributed by atoms with Gasteiger partial charge < -0.3 is 25.4 Å². The first-order chi connectivity index (χ1) is 19.4. The molecule has 1 saturated heterocycles. The molecule has 41 heavy (non-hydrogen) atoms. The van der Waals surface area contributed by atoms with E-state index >= 15 is 0 Å². The highest BCUT2D eigenvalue weighted by molar-refractivity contribution is 8.04. The van der Waals surface area contributed by atoms with E-state index in [0.717, 1.165) is 49.7 Å². The van der Waals surface area contributed by atoms with Crippen molar-refractivity contribution in [3.63, 3.8) is 0 Å². The molecule has 2 aliphatic heterocycles. The summed E-state index contributed by atoms with van der Waals surface area (Å²) in [6, 6.07) is 3.76. The van der Waals surface area contributed by atoms with Gasteiger partial charge in [0, 0.05) is 16.4 Å². The number of unbranched alkanes of at least 4 members (excludes halogenated alkanes) is 2. The fourth-order valence-corrected chi connectivity index (χ4v) is 7.69. The molecule has 1 aromatic carbocycles. The molecule has 0 saturated carbocycles. The van der Waals surface area contributed by atoms with Gasteiger partial charge in [0.05, 0.1) is 18.6 Å². The van der Waals surface area contributed by atoms with Crippen molar-refractivity contribution in [3.8, 4) is 11.5 Å². The van der Waals surface area contributed by atoms with Crippen LogP contribution in [-0.2, 0) is 16.0 Å². The fourth-order valence-electron chi connectivity index (χ4n) is 5.98. The summed E-state index contributed by atoms with van der Waals surface area (Å²) < 4.78 is 6.20. The molecular formula is C31H40N2O6S2. The predicted molar refractivity (Wildman–Crippen MR) is 165 cm³/mol. The van der Waals surface area contributed by atoms with Gasteiger partial charge in [-0.1, -0.05) is 55.3 Å². The number of thioether (sulfide) groups is 1. The van der Waals surface area contributed by atoms with Gasteiger partial charge in [0.15, 0.2) is 0 Å². The van der Waals surface area contributed by atoms with Gasteiger partial charge in [0.2, 0.25) is 5.91 Å². The molecule has 1 aromatic rings. The maximum absolute atomic E-state index is 12.5. The number of allylic oxidation sites excluding steroid dienone is 3. The molecule has 1 unspecified atom stereocenters. The summed E-state index contributed by atoms with van der Waals surface area (Å²) >= 11 is 6.79. The van der Waals surface area contributed by atoms with Crippen molar-refractivity contribution in [1.29, 1.82) is 0 Å². The third-order valence-corrected chi connectivity index (χ3v) is 9.73. The maximum atomic E-state index is 12.5. The molecule has 4 N–H and O–H groups in total. The number of aliphatic carboxylic acids is 1. The second-order valence-electron chi connectivity index (χ2n) is 11.3. The highest BCUT2D eigenvalue weighted by atomic mass is 32.2. The average Bonchev–Trinajstić information content (AvgIpc) is 3.21. The Morgan fingerprint density at radius 1 is 1.34 bits per heavy atom. The minimum atomic E-state index is -1.21. The van der Waals surface area contributed by atoms with Gasteiger partial charge in [0.25, 0.3) is 5.17 Å². The quantitative estimate of drug-likeness (QED) is 0.111. The molecule has 0 spiro atoms. The zero-order valence-electron chi connectivity index (χ0n) is 24.1. The number of nitrogens with one attached hydrogen (secondary N) is 1. The first kappa shape index (κ1) is 31.1. The summed E-state index contributed by atoms with van der Waals surface area (Å²) in [5.74, 6) is -1.61. The van der Waals surface area contributed by atoms with E-state index in [0.29, 0.717) is 16.2 Å². The topological polar surface area (TPSA) is 119 Å². The number of carboxylic acid groups (broad SMARTS) is 1. The number of aliphatic hydroxyl groups is 1. The van der Waals surface area contributed by atoms with Crippen LogP contribution in [0.15, 0.2) is 46.5 Å². The molecule has 4 rings (SSSR count). The summed E-state index contributed by atoms with van der Waals surface area (Å²) in [6.07, 6.45) is 7.14. The third kappa shape index (κ3) is 6.49. The van der Waals surface area contributed by atoms with Crippen LogP contribution in [0.5, 0.6) is 11.5 Å². The molecule has 222 valence electrons. The Morgan fingerprint density at radius 3 is 2.71 bits per heavy atom. The number of nitrogens with zero attached hydrogens (tertiary/aromatic N) is 1. The number of carbonyl (C=O) groups excluding carboxylic acids is 1. The molecule has 3 aliphatic rings. The van der Waals surface area contributed by atoms with Crippen LogP contribution in [0, 0.1) is 11.8 Å². The molecule has 1 aliphatic carbocycles. The van der Waals surface area contributed by atoms with Gasteiger partial charge in [-0.25, -0.2) is 4.79 Å². The zero-order valence-corrected chi connectivity index (χ0v) is 25.7. The van der Waals surface area contributed by atoms with Crippen molar-refractivity contribution in [3.05, 3.63) is 57.7 Å². The number of carbonyl (C=O) groups is 2. The lowest BCUT2D eigenvalue weighted by molar-refractivity contribution is -0.156. The molecular weight excluding hydrogens is 560 g/mol. The average molecular weight is 601 g/mol. The van der Waals surface area contributed by atoms with Crippen LogP contribution in [0.1, 0.15) is 76.8 Å². The Labute approximate surface area is 251 Å². The van der Waals surface area contributed by atoms with Crippen molar-refractivity contribution in [2.24, 2.45) is 11.8 Å². The first-order valence-electron chi connectivity index (χ1n) is 14.2. The second kappa shape index (κ2) is 13.0. The van der Waals surface area contributed by atoms with Gasteiger partial charge in [0.1, 0.15) is 22.6 Å². The van der Waals surface area contributed by atoms with E-state index in [1.54, 1.807) is 0 Å². The summed E-state index contributed by atoms with van der Waals surface area (Å²) in [7, 11) is 0. The van der Waals surface area contributed by atoms with Crippen LogP contribution >= 0.6 is 24.0 Å². The molecule has 10 heteroatoms. The van der Waals surface area contributed by atoms with Crippen LogP contribution in [0.25, 0.3) is 0 Å². The number of amides is 1. The third-order valence-electron chi connectivity index (χ3n) is 8.13. The van der Waals surface area contributed by atoms with Gasteiger partial charge in [-0.3, -0.25) is 9.69 Å². The van der Waals surface area contributed by atoms with Crippen molar-refractivity contribution >= 4 is 41.0 Å². The number of rotatable bonds is 11. The minimum Gasteiger partial charge on any atom is -0.507 e. The Kier molecular flexibility index (Phi) is 9.87. The smallest absolute Gasteiger partial charge is 0.353 e. The number of aromatic hydroxyl groups is 1. The van der Waals surface area contributed by atoms with Crippen molar-refractivity contribution < 1.29 is 29.6 Å². The molecule has 0 radical (unpaired) electrons. The normalized spacial score (nSPS) is 24.4. The number of carboxylic acids is 1. The number of hydrogen-bond acceptors (Lipinski definition) is 7. The van der Waals surface area contributed by atoms with E-state index in [9.17, 15) is 24.9 Å². The largest absolute Gasteiger partial charge is 0.507 e. The Hall–Kier alpha value is -2.82. The van der Waals surface area contributed by atoms with Crippen LogP contribution < -0.4 is 10.1 Å². The summed E-state index contributed by atoms with van der Waals surface area (Å²) in [4.78, 5) is 26.2. The minimum absolute atomic E-state index is 0.0326. The Morgan fingerprint density at radius 2 is 2.07 bits per heavy atom. The molecule has 1 amide bonds. The SMILES string of the molecule is C=C(C)[C@@H]1CCC(C)=C[C@H]1c1c(O)cc(CCCCC)cc1OC(=S)NCC1=C(C(=O)O)N2C(=O)[C@H]([C@@H](C)O)C2S1. The number of aliphatic hydroxyl groups excluding tert-OH is 1. The number of phenolic OH excluding ortho intramolecular Hbond substituents is 1. The first-order valence-corrected chi connectivity index (χ1v) is 15.5. The van der Waals surface area contributed by atoms with E-state index in [4.69, 9.17) is 17.0 Å². The van der Waals surface area contributed by atoms with E-state index in [1.165, 1.54) is 29.2 Å². The van der Waals surface area contributed by atoms with E-state index in [-0.39, 0.29) is 35.0 Å². The lowest BCUT2D eigenvalue weighted by Crippen LogP contribution is -2.60. The van der Waals surface area contributed by atoms with E-state index in [2.05, 4.69) is 31.8 Å². The highest BCUT2D eigenvalue weighted by Crippen LogP contribution is 2.50. The Bertz CT molecular complexity index is 1300. The van der Waals surface area contributed by atoms with Crippen molar-refractivity contribution in [2.45, 2.75) is 83.6 Å².